The fraction of sp³-hybridized carbons (Fsp3) is 0.400. The molecule has 0 saturated carbocycles. The third kappa shape index (κ3) is 4.44. The molecule has 0 radical (unpaired) electrons. The lowest BCUT2D eigenvalue weighted by molar-refractivity contribution is -0.115. The molecule has 0 bridgehead atoms. The van der Waals surface area contributed by atoms with Gasteiger partial charge in [0.2, 0.25) is 5.91 Å². The third-order valence-electron chi connectivity index (χ3n) is 3.30. The van der Waals surface area contributed by atoms with Crippen molar-refractivity contribution < 1.29 is 13.6 Å². The van der Waals surface area contributed by atoms with Crippen LogP contribution in [-0.2, 0) is 11.3 Å². The quantitative estimate of drug-likeness (QED) is 0.748. The zero-order chi connectivity index (χ0) is 17.7. The van der Waals surface area contributed by atoms with Gasteiger partial charge in [0.1, 0.15) is 11.6 Å². The average Bonchev–Trinajstić information content (AvgIpc) is 2.88. The van der Waals surface area contributed by atoms with Gasteiger partial charge in [0.25, 0.3) is 0 Å². The molecule has 1 amide bonds. The van der Waals surface area contributed by atoms with E-state index < -0.39 is 22.8 Å². The first-order chi connectivity index (χ1) is 11.4. The Morgan fingerprint density at radius 1 is 1.46 bits per heavy atom. The van der Waals surface area contributed by atoms with Crippen molar-refractivity contribution in [2.75, 3.05) is 5.32 Å². The topological polar surface area (TPSA) is 79.8 Å². The highest BCUT2D eigenvalue weighted by Crippen LogP contribution is 2.22. The number of thioether (sulfide) groups is 1. The molecular weight excluding hydrogens is 338 g/mol. The van der Waals surface area contributed by atoms with Gasteiger partial charge in [-0.15, -0.1) is 5.10 Å². The summed E-state index contributed by atoms with van der Waals surface area (Å²) in [5, 5.41) is 8.33. The largest absolute Gasteiger partial charge is 0.343 e. The molecular formula is C15H18F2N4O2S. The first-order valence-electron chi connectivity index (χ1n) is 7.50. The molecule has 6 nitrogen and oxygen atoms in total. The number of hydrogen-bond acceptors (Lipinski definition) is 4. The van der Waals surface area contributed by atoms with Gasteiger partial charge in [-0.05, 0) is 25.5 Å². The van der Waals surface area contributed by atoms with Gasteiger partial charge in [-0.1, -0.05) is 25.1 Å². The number of nitrogens with one attached hydrogen (secondary N) is 2. The lowest BCUT2D eigenvalue weighted by Crippen LogP contribution is -2.24. The average molecular weight is 356 g/mol. The van der Waals surface area contributed by atoms with E-state index in [1.54, 1.807) is 6.92 Å². The van der Waals surface area contributed by atoms with Crippen LogP contribution < -0.4 is 11.0 Å². The van der Waals surface area contributed by atoms with Crippen LogP contribution >= 0.6 is 11.8 Å². The van der Waals surface area contributed by atoms with Crippen LogP contribution in [0.25, 0.3) is 0 Å². The second kappa shape index (κ2) is 8.09. The number of amides is 1. The summed E-state index contributed by atoms with van der Waals surface area (Å²) >= 11 is 1.07. The SMILES string of the molecule is CCCCn1c(S[C@H](C)C(=O)Nc2cc(F)ccc2F)n[nH]c1=O. The number of carbonyl (C=O) groups is 1. The zero-order valence-electron chi connectivity index (χ0n) is 13.3. The number of carbonyl (C=O) groups excluding carboxylic acids is 1. The second-order valence-corrected chi connectivity index (χ2v) is 6.50. The lowest BCUT2D eigenvalue weighted by Gasteiger charge is -2.12. The number of H-pyrrole nitrogens is 1. The predicted octanol–water partition coefficient (Wildman–Crippen LogP) is 2.77. The summed E-state index contributed by atoms with van der Waals surface area (Å²) in [6, 6.07) is 2.83. The number of aromatic amines is 1. The molecule has 1 aromatic carbocycles. The first kappa shape index (κ1) is 18.2. The normalized spacial score (nSPS) is 12.2. The molecule has 2 aromatic rings. The van der Waals surface area contributed by atoms with Gasteiger partial charge in [0, 0.05) is 12.6 Å². The number of anilines is 1. The molecule has 24 heavy (non-hydrogen) atoms. The molecule has 2 rings (SSSR count). The number of halogens is 2. The van der Waals surface area contributed by atoms with E-state index in [1.165, 1.54) is 4.57 Å². The van der Waals surface area contributed by atoms with Crippen LogP contribution in [0.2, 0.25) is 0 Å². The molecule has 0 aliphatic heterocycles. The van der Waals surface area contributed by atoms with E-state index >= 15 is 0 Å². The van der Waals surface area contributed by atoms with Gasteiger partial charge in [0.15, 0.2) is 5.16 Å². The van der Waals surface area contributed by atoms with Crippen molar-refractivity contribution in [2.45, 2.75) is 43.6 Å². The van der Waals surface area contributed by atoms with Crippen LogP contribution in [0, 0.1) is 11.6 Å². The highest BCUT2D eigenvalue weighted by atomic mass is 32.2. The molecule has 1 atom stereocenters. The summed E-state index contributed by atoms with van der Waals surface area (Å²) in [7, 11) is 0. The Morgan fingerprint density at radius 3 is 2.92 bits per heavy atom. The molecule has 130 valence electrons. The minimum Gasteiger partial charge on any atom is -0.323 e. The number of aromatic nitrogens is 3. The molecule has 0 spiro atoms. The van der Waals surface area contributed by atoms with Gasteiger partial charge in [-0.2, -0.15) is 0 Å². The summed E-state index contributed by atoms with van der Waals surface area (Å²) in [4.78, 5) is 23.9. The fourth-order valence-electron chi connectivity index (χ4n) is 1.95. The van der Waals surface area contributed by atoms with E-state index in [4.69, 9.17) is 0 Å². The van der Waals surface area contributed by atoms with Crippen LogP contribution in [-0.4, -0.2) is 25.9 Å². The summed E-state index contributed by atoms with van der Waals surface area (Å²) in [5.74, 6) is -1.88. The maximum atomic E-state index is 13.6. The molecule has 0 saturated heterocycles. The minimum absolute atomic E-state index is 0.224. The van der Waals surface area contributed by atoms with Crippen LogP contribution in [0.4, 0.5) is 14.5 Å². The number of hydrogen-bond donors (Lipinski definition) is 2. The van der Waals surface area contributed by atoms with Crippen LogP contribution in [0.1, 0.15) is 26.7 Å². The first-order valence-corrected chi connectivity index (χ1v) is 8.38. The van der Waals surface area contributed by atoms with Crippen molar-refractivity contribution in [1.82, 2.24) is 14.8 Å². The van der Waals surface area contributed by atoms with Gasteiger partial charge >= 0.3 is 5.69 Å². The van der Waals surface area contributed by atoms with E-state index in [9.17, 15) is 18.4 Å². The van der Waals surface area contributed by atoms with Crippen molar-refractivity contribution in [3.05, 3.63) is 40.3 Å². The molecule has 2 N–H and O–H groups in total. The van der Waals surface area contributed by atoms with Crippen molar-refractivity contribution in [3.63, 3.8) is 0 Å². The Labute approximate surface area is 141 Å². The van der Waals surface area contributed by atoms with Gasteiger partial charge in [0.05, 0.1) is 10.9 Å². The number of nitrogens with zero attached hydrogens (tertiary/aromatic N) is 2. The van der Waals surface area contributed by atoms with E-state index in [0.29, 0.717) is 11.7 Å². The molecule has 0 unspecified atom stereocenters. The van der Waals surface area contributed by atoms with Gasteiger partial charge < -0.3 is 5.32 Å². The van der Waals surface area contributed by atoms with E-state index in [2.05, 4.69) is 15.5 Å². The highest BCUT2D eigenvalue weighted by Gasteiger charge is 2.20. The van der Waals surface area contributed by atoms with Crippen LogP contribution in [0.5, 0.6) is 0 Å². The van der Waals surface area contributed by atoms with E-state index in [0.717, 1.165) is 42.8 Å². The highest BCUT2D eigenvalue weighted by molar-refractivity contribution is 8.00. The second-order valence-electron chi connectivity index (χ2n) is 5.19. The maximum Gasteiger partial charge on any atom is 0.343 e. The van der Waals surface area contributed by atoms with Crippen molar-refractivity contribution in [1.29, 1.82) is 0 Å². The molecule has 0 aliphatic rings. The van der Waals surface area contributed by atoms with Crippen molar-refractivity contribution in [2.24, 2.45) is 0 Å². The Kier molecular flexibility index (Phi) is 6.13. The summed E-state index contributed by atoms with van der Waals surface area (Å²) < 4.78 is 28.2. The molecule has 1 heterocycles. The predicted molar refractivity (Wildman–Crippen MR) is 88.1 cm³/mol. The fourth-order valence-corrected chi connectivity index (χ4v) is 2.83. The zero-order valence-corrected chi connectivity index (χ0v) is 14.1. The molecule has 0 aliphatic carbocycles. The summed E-state index contributed by atoms with van der Waals surface area (Å²) in [6.45, 7) is 4.10. The minimum atomic E-state index is -0.721. The summed E-state index contributed by atoms with van der Waals surface area (Å²) in [6.07, 6.45) is 1.72. The standard InChI is InChI=1S/C15H18F2N4O2S/c1-3-4-7-21-14(23)19-20-15(21)24-9(2)13(22)18-12-8-10(16)5-6-11(12)17/h5-6,8-9H,3-4,7H2,1-2H3,(H,18,22)(H,19,23)/t9-/m1/s1. The lowest BCUT2D eigenvalue weighted by atomic mass is 10.3. The number of benzene rings is 1. The molecule has 1 aromatic heterocycles. The maximum absolute atomic E-state index is 13.6. The Morgan fingerprint density at radius 2 is 2.21 bits per heavy atom. The van der Waals surface area contributed by atoms with E-state index in [-0.39, 0.29) is 11.4 Å². The van der Waals surface area contributed by atoms with Crippen molar-refractivity contribution >= 4 is 23.4 Å². The van der Waals surface area contributed by atoms with Gasteiger partial charge in [-0.25, -0.2) is 18.7 Å². The van der Waals surface area contributed by atoms with Gasteiger partial charge in [-0.3, -0.25) is 9.36 Å². The number of unbranched alkanes of at least 4 members (excludes halogenated alkanes) is 1. The van der Waals surface area contributed by atoms with E-state index in [1.807, 2.05) is 6.92 Å². The smallest absolute Gasteiger partial charge is 0.323 e. The number of rotatable bonds is 7. The molecule has 0 fully saturated rings. The Hall–Kier alpha value is -2.16. The molecule has 9 heteroatoms. The van der Waals surface area contributed by atoms with Crippen LogP contribution in [0.15, 0.2) is 28.2 Å². The van der Waals surface area contributed by atoms with Crippen LogP contribution in [0.3, 0.4) is 0 Å². The Balaban J connectivity index is 2.07. The third-order valence-corrected chi connectivity index (χ3v) is 4.39. The van der Waals surface area contributed by atoms with Crippen molar-refractivity contribution in [3.8, 4) is 0 Å². The monoisotopic (exact) mass is 356 g/mol. The summed E-state index contributed by atoms with van der Waals surface area (Å²) in [5.41, 5.74) is -0.562. The Bertz CT molecular complexity index is 775.